The lowest BCUT2D eigenvalue weighted by Crippen LogP contribution is -2.44. The van der Waals surface area contributed by atoms with E-state index in [4.69, 9.17) is 0 Å². The molecule has 0 aliphatic heterocycles. The fraction of sp³-hybridized carbons (Fsp3) is 0.545. The second kappa shape index (κ2) is 4.71. The zero-order valence-corrected chi connectivity index (χ0v) is 9.78. The van der Waals surface area contributed by atoms with Crippen LogP contribution in [0.5, 0.6) is 0 Å². The van der Waals surface area contributed by atoms with Crippen molar-refractivity contribution in [3.05, 3.63) is 22.4 Å². The highest BCUT2D eigenvalue weighted by Gasteiger charge is 2.24. The normalized spacial score (nSPS) is 11.6. The number of ketones is 1. The maximum absolute atomic E-state index is 11.7. The third kappa shape index (κ3) is 2.93. The number of hydrogen-bond donors (Lipinski definition) is 1. The average molecular weight is 211 g/mol. The Hall–Kier alpha value is -0.670. The molecule has 1 N–H and O–H groups in total. The molecular formula is C11H17NOS. The van der Waals surface area contributed by atoms with Crippen molar-refractivity contribution < 1.29 is 4.79 Å². The van der Waals surface area contributed by atoms with Crippen LogP contribution in [0, 0.1) is 0 Å². The van der Waals surface area contributed by atoms with Crippen LogP contribution in [-0.4, -0.2) is 18.4 Å². The molecule has 2 nitrogen and oxygen atoms in total. The number of hydrogen-bond acceptors (Lipinski definition) is 3. The Morgan fingerprint density at radius 1 is 1.57 bits per heavy atom. The SMILES string of the molecule is CNC(C)(C)C(=O)CCc1ccsc1. The van der Waals surface area contributed by atoms with Crippen molar-refractivity contribution in [2.45, 2.75) is 32.2 Å². The maximum Gasteiger partial charge on any atom is 0.152 e. The van der Waals surface area contributed by atoms with Gasteiger partial charge < -0.3 is 5.32 Å². The van der Waals surface area contributed by atoms with Crippen LogP contribution in [-0.2, 0) is 11.2 Å². The largest absolute Gasteiger partial charge is 0.308 e. The highest BCUT2D eigenvalue weighted by atomic mass is 32.1. The first kappa shape index (κ1) is 11.4. The summed E-state index contributed by atoms with van der Waals surface area (Å²) in [7, 11) is 1.82. The van der Waals surface area contributed by atoms with E-state index in [9.17, 15) is 4.79 Å². The minimum Gasteiger partial charge on any atom is -0.308 e. The molecule has 1 aromatic heterocycles. The Balaban J connectivity index is 2.43. The summed E-state index contributed by atoms with van der Waals surface area (Å²) in [6, 6.07) is 2.07. The van der Waals surface area contributed by atoms with Crippen LogP contribution in [0.25, 0.3) is 0 Å². The summed E-state index contributed by atoms with van der Waals surface area (Å²) in [5.74, 6) is 0.270. The molecule has 0 spiro atoms. The molecule has 0 radical (unpaired) electrons. The van der Waals surface area contributed by atoms with E-state index < -0.39 is 5.54 Å². The molecule has 1 rings (SSSR count). The van der Waals surface area contributed by atoms with E-state index >= 15 is 0 Å². The number of thiophene rings is 1. The molecule has 14 heavy (non-hydrogen) atoms. The Morgan fingerprint density at radius 2 is 2.29 bits per heavy atom. The molecule has 1 heterocycles. The molecule has 0 saturated heterocycles. The van der Waals surface area contributed by atoms with Gasteiger partial charge in [-0.1, -0.05) is 0 Å². The van der Waals surface area contributed by atoms with Crippen molar-refractivity contribution in [3.63, 3.8) is 0 Å². The molecule has 0 aromatic carbocycles. The summed E-state index contributed by atoms with van der Waals surface area (Å²) in [6.07, 6.45) is 1.47. The van der Waals surface area contributed by atoms with E-state index in [-0.39, 0.29) is 5.78 Å². The fourth-order valence-corrected chi connectivity index (χ4v) is 1.85. The molecule has 0 aliphatic rings. The van der Waals surface area contributed by atoms with Gasteiger partial charge in [0.25, 0.3) is 0 Å². The van der Waals surface area contributed by atoms with E-state index in [2.05, 4.69) is 16.8 Å². The van der Waals surface area contributed by atoms with Crippen molar-refractivity contribution >= 4 is 17.1 Å². The number of rotatable bonds is 5. The Labute approximate surface area is 89.3 Å². The number of likely N-dealkylation sites (N-methyl/N-ethyl adjacent to an activating group) is 1. The molecule has 0 aliphatic carbocycles. The summed E-state index contributed by atoms with van der Waals surface area (Å²) >= 11 is 1.68. The predicted molar refractivity (Wildman–Crippen MR) is 60.8 cm³/mol. The van der Waals surface area contributed by atoms with Gasteiger partial charge in [0.1, 0.15) is 0 Å². The van der Waals surface area contributed by atoms with Gasteiger partial charge in [-0.05, 0) is 49.7 Å². The lowest BCUT2D eigenvalue weighted by atomic mass is 9.95. The quantitative estimate of drug-likeness (QED) is 0.809. The molecular weight excluding hydrogens is 194 g/mol. The van der Waals surface area contributed by atoms with Gasteiger partial charge in [0.15, 0.2) is 5.78 Å². The van der Waals surface area contributed by atoms with Crippen molar-refractivity contribution in [1.82, 2.24) is 5.32 Å². The predicted octanol–water partition coefficient (Wildman–Crippen LogP) is 2.25. The number of aryl methyl sites for hydroxylation is 1. The molecule has 0 amide bonds. The summed E-state index contributed by atoms with van der Waals surface area (Å²) in [4.78, 5) is 11.7. The Bertz CT molecular complexity index is 290. The lowest BCUT2D eigenvalue weighted by Gasteiger charge is -2.21. The fourth-order valence-electron chi connectivity index (χ4n) is 1.14. The molecule has 78 valence electrons. The molecule has 1 aromatic rings. The van der Waals surface area contributed by atoms with Gasteiger partial charge in [-0.15, -0.1) is 0 Å². The van der Waals surface area contributed by atoms with Crippen LogP contribution in [0.4, 0.5) is 0 Å². The minimum atomic E-state index is -0.393. The topological polar surface area (TPSA) is 29.1 Å². The second-order valence-corrected chi connectivity index (χ2v) is 4.71. The third-order valence-electron chi connectivity index (χ3n) is 2.54. The van der Waals surface area contributed by atoms with Gasteiger partial charge in [0, 0.05) is 6.42 Å². The van der Waals surface area contributed by atoms with Gasteiger partial charge in [-0.25, -0.2) is 0 Å². The van der Waals surface area contributed by atoms with Crippen molar-refractivity contribution in [3.8, 4) is 0 Å². The van der Waals surface area contributed by atoms with Crippen LogP contribution in [0.1, 0.15) is 25.8 Å². The zero-order chi connectivity index (χ0) is 10.6. The van der Waals surface area contributed by atoms with E-state index in [1.807, 2.05) is 26.3 Å². The summed E-state index contributed by atoms with van der Waals surface area (Å²) < 4.78 is 0. The third-order valence-corrected chi connectivity index (χ3v) is 3.27. The van der Waals surface area contributed by atoms with E-state index in [0.29, 0.717) is 6.42 Å². The number of nitrogens with one attached hydrogen (secondary N) is 1. The molecule has 0 atom stereocenters. The number of Topliss-reactive ketones (excluding diaryl/α,β-unsaturated/α-hetero) is 1. The maximum atomic E-state index is 11.7. The molecule has 0 unspecified atom stereocenters. The van der Waals surface area contributed by atoms with Crippen LogP contribution in [0.3, 0.4) is 0 Å². The summed E-state index contributed by atoms with van der Waals surface area (Å²) in [5.41, 5.74) is 0.867. The van der Waals surface area contributed by atoms with Crippen molar-refractivity contribution in [2.24, 2.45) is 0 Å². The Morgan fingerprint density at radius 3 is 2.79 bits per heavy atom. The highest BCUT2D eigenvalue weighted by molar-refractivity contribution is 7.07. The molecule has 0 saturated carbocycles. The number of carbonyl (C=O) groups is 1. The second-order valence-electron chi connectivity index (χ2n) is 3.93. The van der Waals surface area contributed by atoms with E-state index in [1.54, 1.807) is 11.3 Å². The van der Waals surface area contributed by atoms with Crippen LogP contribution in [0.15, 0.2) is 16.8 Å². The lowest BCUT2D eigenvalue weighted by molar-refractivity contribution is -0.124. The van der Waals surface area contributed by atoms with Gasteiger partial charge >= 0.3 is 0 Å². The van der Waals surface area contributed by atoms with Crippen LogP contribution >= 0.6 is 11.3 Å². The summed E-state index contributed by atoms with van der Waals surface area (Å²) in [6.45, 7) is 3.84. The van der Waals surface area contributed by atoms with Gasteiger partial charge in [0.05, 0.1) is 5.54 Å². The van der Waals surface area contributed by atoms with Crippen molar-refractivity contribution in [2.75, 3.05) is 7.05 Å². The van der Waals surface area contributed by atoms with E-state index in [0.717, 1.165) is 6.42 Å². The van der Waals surface area contributed by atoms with Crippen LogP contribution in [0.2, 0.25) is 0 Å². The first-order valence-corrected chi connectivity index (χ1v) is 5.74. The van der Waals surface area contributed by atoms with Crippen LogP contribution < -0.4 is 5.32 Å². The van der Waals surface area contributed by atoms with E-state index in [1.165, 1.54) is 5.56 Å². The highest BCUT2D eigenvalue weighted by Crippen LogP contribution is 2.12. The average Bonchev–Trinajstić information content (AvgIpc) is 2.66. The van der Waals surface area contributed by atoms with Gasteiger partial charge in [0.2, 0.25) is 0 Å². The zero-order valence-electron chi connectivity index (χ0n) is 8.96. The number of carbonyl (C=O) groups excluding carboxylic acids is 1. The molecule has 3 heteroatoms. The smallest absolute Gasteiger partial charge is 0.152 e. The van der Waals surface area contributed by atoms with Gasteiger partial charge in [-0.3, -0.25) is 4.79 Å². The Kier molecular flexibility index (Phi) is 3.84. The summed E-state index contributed by atoms with van der Waals surface area (Å²) in [5, 5.41) is 7.17. The minimum absolute atomic E-state index is 0.270. The monoisotopic (exact) mass is 211 g/mol. The van der Waals surface area contributed by atoms with Crippen molar-refractivity contribution in [1.29, 1.82) is 0 Å². The van der Waals surface area contributed by atoms with Gasteiger partial charge in [-0.2, -0.15) is 11.3 Å². The molecule has 0 bridgehead atoms. The first-order valence-electron chi connectivity index (χ1n) is 4.79. The first-order chi connectivity index (χ1) is 6.56. The standard InChI is InChI=1S/C11H17NOS/c1-11(2,12-3)10(13)5-4-9-6-7-14-8-9/h6-8,12H,4-5H2,1-3H3. The molecule has 0 fully saturated rings.